The number of hydrogen-bond donors (Lipinski definition) is 1. The van der Waals surface area contributed by atoms with E-state index in [-0.39, 0.29) is 5.91 Å². The molecule has 1 aliphatic carbocycles. The molecule has 1 N–H and O–H groups in total. The molecule has 0 bridgehead atoms. The molecule has 0 aromatic rings. The Kier molecular flexibility index (Phi) is 6.29. The third kappa shape index (κ3) is 4.08. The third-order valence-corrected chi connectivity index (χ3v) is 3.64. The van der Waals surface area contributed by atoms with Gasteiger partial charge in [-0.3, -0.25) is 4.79 Å². The van der Waals surface area contributed by atoms with Crippen molar-refractivity contribution in [1.82, 2.24) is 5.32 Å². The average molecular weight is 246 g/mol. The number of nitrogens with zero attached hydrogens (tertiary/aromatic N) is 1. The number of terminal acetylenes is 1. The van der Waals surface area contributed by atoms with Gasteiger partial charge in [-0.25, -0.2) is 0 Å². The first-order chi connectivity index (χ1) is 8.75. The first kappa shape index (κ1) is 14.6. The number of hydrogen-bond acceptors (Lipinski definition) is 2. The van der Waals surface area contributed by atoms with Gasteiger partial charge in [0.05, 0.1) is 6.07 Å². The number of carbonyl (C=O) groups is 1. The predicted molar refractivity (Wildman–Crippen MR) is 71.4 cm³/mol. The molecular formula is C15H22N2O. The van der Waals surface area contributed by atoms with Crippen molar-refractivity contribution in [1.29, 1.82) is 5.26 Å². The van der Waals surface area contributed by atoms with E-state index in [0.29, 0.717) is 19.4 Å². The fourth-order valence-electron chi connectivity index (χ4n) is 2.44. The lowest BCUT2D eigenvalue weighted by Gasteiger charge is -2.23. The molecule has 0 atom stereocenters. The van der Waals surface area contributed by atoms with Gasteiger partial charge in [-0.15, -0.1) is 12.3 Å². The molecule has 98 valence electrons. The number of nitrogens with one attached hydrogen (secondary N) is 1. The highest BCUT2D eigenvalue weighted by Crippen LogP contribution is 2.34. The van der Waals surface area contributed by atoms with Crippen LogP contribution in [0.15, 0.2) is 0 Å². The average Bonchev–Trinajstić information content (AvgIpc) is 2.64. The molecule has 1 saturated carbocycles. The van der Waals surface area contributed by atoms with Gasteiger partial charge >= 0.3 is 0 Å². The van der Waals surface area contributed by atoms with Gasteiger partial charge < -0.3 is 5.32 Å². The van der Waals surface area contributed by atoms with Gasteiger partial charge in [0.25, 0.3) is 0 Å². The quantitative estimate of drug-likeness (QED) is 0.460. The molecule has 0 radical (unpaired) electrons. The van der Waals surface area contributed by atoms with Crippen LogP contribution in [0.1, 0.15) is 57.8 Å². The second-order valence-corrected chi connectivity index (χ2v) is 5.03. The topological polar surface area (TPSA) is 52.9 Å². The van der Waals surface area contributed by atoms with Crippen molar-refractivity contribution >= 4 is 5.91 Å². The summed E-state index contributed by atoms with van der Waals surface area (Å²) in [4.78, 5) is 12.2. The van der Waals surface area contributed by atoms with E-state index < -0.39 is 5.41 Å². The van der Waals surface area contributed by atoms with Crippen LogP contribution in [0, 0.1) is 29.1 Å². The van der Waals surface area contributed by atoms with Crippen LogP contribution in [-0.2, 0) is 4.79 Å². The van der Waals surface area contributed by atoms with Crippen LogP contribution in [-0.4, -0.2) is 12.5 Å². The standard InChI is InChI=1S/C15H22N2O/c1-2-3-4-9-12-17-14(18)15(13-16)10-7-5-6-8-11-15/h1H,3-12H2,(H,17,18). The zero-order chi connectivity index (χ0) is 13.3. The summed E-state index contributed by atoms with van der Waals surface area (Å²) < 4.78 is 0. The van der Waals surface area contributed by atoms with Crippen LogP contribution in [0.25, 0.3) is 0 Å². The van der Waals surface area contributed by atoms with Gasteiger partial charge in [0.15, 0.2) is 0 Å². The van der Waals surface area contributed by atoms with Gasteiger partial charge in [0.2, 0.25) is 5.91 Å². The van der Waals surface area contributed by atoms with E-state index in [9.17, 15) is 10.1 Å². The van der Waals surface area contributed by atoms with Crippen molar-refractivity contribution in [2.24, 2.45) is 5.41 Å². The molecule has 0 heterocycles. The van der Waals surface area contributed by atoms with Gasteiger partial charge in [0.1, 0.15) is 5.41 Å². The molecule has 1 rings (SSSR count). The summed E-state index contributed by atoms with van der Waals surface area (Å²) in [5.41, 5.74) is -0.775. The minimum atomic E-state index is -0.775. The molecule has 0 aliphatic heterocycles. The van der Waals surface area contributed by atoms with Crippen LogP contribution < -0.4 is 5.32 Å². The van der Waals surface area contributed by atoms with Crippen LogP contribution in [0.4, 0.5) is 0 Å². The van der Waals surface area contributed by atoms with Crippen molar-refractivity contribution < 1.29 is 4.79 Å². The van der Waals surface area contributed by atoms with E-state index in [4.69, 9.17) is 6.42 Å². The molecule has 1 amide bonds. The van der Waals surface area contributed by atoms with Crippen LogP contribution in [0.5, 0.6) is 0 Å². The van der Waals surface area contributed by atoms with E-state index in [2.05, 4.69) is 17.3 Å². The Bertz CT molecular complexity index is 340. The predicted octanol–water partition coefficient (Wildman–Crippen LogP) is 2.77. The highest BCUT2D eigenvalue weighted by atomic mass is 16.2. The van der Waals surface area contributed by atoms with Crippen LogP contribution in [0.3, 0.4) is 0 Å². The summed E-state index contributed by atoms with van der Waals surface area (Å²) in [6, 6.07) is 2.26. The zero-order valence-corrected chi connectivity index (χ0v) is 11.0. The van der Waals surface area contributed by atoms with E-state index in [1.54, 1.807) is 0 Å². The maximum Gasteiger partial charge on any atom is 0.240 e. The van der Waals surface area contributed by atoms with E-state index in [0.717, 1.165) is 44.9 Å². The highest BCUT2D eigenvalue weighted by molar-refractivity contribution is 5.85. The lowest BCUT2D eigenvalue weighted by atomic mass is 9.81. The monoisotopic (exact) mass is 246 g/mol. The SMILES string of the molecule is C#CCCCCNC(=O)C1(C#N)CCCCCC1. The Morgan fingerprint density at radius 3 is 2.44 bits per heavy atom. The molecule has 0 aromatic carbocycles. The van der Waals surface area contributed by atoms with E-state index in [1.165, 1.54) is 0 Å². The number of carbonyl (C=O) groups excluding carboxylic acids is 1. The summed E-state index contributed by atoms with van der Waals surface area (Å²) in [6.45, 7) is 0.629. The number of nitriles is 1. The number of rotatable bonds is 5. The molecular weight excluding hydrogens is 224 g/mol. The normalized spacial score (nSPS) is 18.1. The summed E-state index contributed by atoms with van der Waals surface area (Å²) in [5, 5.41) is 12.2. The maximum absolute atomic E-state index is 12.2. The van der Waals surface area contributed by atoms with Crippen molar-refractivity contribution in [3.8, 4) is 18.4 Å². The van der Waals surface area contributed by atoms with E-state index >= 15 is 0 Å². The minimum Gasteiger partial charge on any atom is -0.355 e. The first-order valence-electron chi connectivity index (χ1n) is 6.88. The molecule has 3 heteroatoms. The van der Waals surface area contributed by atoms with Gasteiger partial charge in [0, 0.05) is 13.0 Å². The van der Waals surface area contributed by atoms with Crippen molar-refractivity contribution in [3.63, 3.8) is 0 Å². The zero-order valence-electron chi connectivity index (χ0n) is 11.0. The molecule has 1 fully saturated rings. The Morgan fingerprint density at radius 2 is 1.89 bits per heavy atom. The summed E-state index contributed by atoms with van der Waals surface area (Å²) in [7, 11) is 0. The summed E-state index contributed by atoms with van der Waals surface area (Å²) in [6.07, 6.45) is 13.4. The third-order valence-electron chi connectivity index (χ3n) is 3.64. The fraction of sp³-hybridized carbons (Fsp3) is 0.733. The maximum atomic E-state index is 12.2. The smallest absolute Gasteiger partial charge is 0.240 e. The minimum absolute atomic E-state index is 0.0763. The Hall–Kier alpha value is -1.48. The van der Waals surface area contributed by atoms with Crippen LogP contribution in [0.2, 0.25) is 0 Å². The molecule has 0 saturated heterocycles. The molecule has 0 aromatic heterocycles. The fourth-order valence-corrected chi connectivity index (χ4v) is 2.44. The second-order valence-electron chi connectivity index (χ2n) is 5.03. The van der Waals surface area contributed by atoms with Crippen molar-refractivity contribution in [2.75, 3.05) is 6.54 Å². The van der Waals surface area contributed by atoms with Crippen molar-refractivity contribution in [3.05, 3.63) is 0 Å². The van der Waals surface area contributed by atoms with Gasteiger partial charge in [-0.05, 0) is 25.7 Å². The largest absolute Gasteiger partial charge is 0.355 e. The molecule has 18 heavy (non-hydrogen) atoms. The molecule has 0 spiro atoms. The lowest BCUT2D eigenvalue weighted by molar-refractivity contribution is -0.128. The van der Waals surface area contributed by atoms with Crippen LogP contribution >= 0.6 is 0 Å². The second kappa shape index (κ2) is 7.77. The van der Waals surface area contributed by atoms with Crippen molar-refractivity contribution in [2.45, 2.75) is 57.8 Å². The Labute approximate surface area is 110 Å². The number of unbranched alkanes of at least 4 members (excludes halogenated alkanes) is 2. The Balaban J connectivity index is 2.42. The summed E-state index contributed by atoms with van der Waals surface area (Å²) in [5.74, 6) is 2.50. The summed E-state index contributed by atoms with van der Waals surface area (Å²) >= 11 is 0. The lowest BCUT2D eigenvalue weighted by Crippen LogP contribution is -2.40. The molecule has 0 unspecified atom stereocenters. The van der Waals surface area contributed by atoms with E-state index in [1.807, 2.05) is 0 Å². The highest BCUT2D eigenvalue weighted by Gasteiger charge is 2.38. The Morgan fingerprint density at radius 1 is 1.22 bits per heavy atom. The first-order valence-corrected chi connectivity index (χ1v) is 6.88. The number of amides is 1. The van der Waals surface area contributed by atoms with Gasteiger partial charge in [-0.2, -0.15) is 5.26 Å². The molecule has 3 nitrogen and oxygen atoms in total. The molecule has 1 aliphatic rings. The van der Waals surface area contributed by atoms with Gasteiger partial charge in [-0.1, -0.05) is 25.7 Å².